The number of aromatic nitrogens is 2. The monoisotopic (exact) mass is 411 g/mol. The molecule has 8 heteroatoms. The second kappa shape index (κ2) is 7.96. The number of H-pyrrole nitrogens is 1. The molecule has 152 valence electrons. The summed E-state index contributed by atoms with van der Waals surface area (Å²) in [6.45, 7) is 8.36. The summed E-state index contributed by atoms with van der Waals surface area (Å²) in [5.74, 6) is -0.0548. The molecule has 0 aliphatic carbocycles. The molecule has 0 spiro atoms. The molecule has 3 aromatic rings. The molecule has 0 radical (unpaired) electrons. The predicted octanol–water partition coefficient (Wildman–Crippen LogP) is 3.03. The number of benzene rings is 1. The Bertz CT molecular complexity index is 996. The number of carbonyl (C=O) groups excluding carboxylic acids is 2. The fourth-order valence-corrected chi connectivity index (χ4v) is 4.39. The van der Waals surface area contributed by atoms with Crippen LogP contribution in [0.2, 0.25) is 0 Å². The average molecular weight is 412 g/mol. The number of carbonyl (C=O) groups is 2. The SMILES string of the molecule is Cc1nc(NC(=O)C(C)N2CCN(C(=O)c3cc4ccccc4[nH]3)CC2)sc1C. The maximum Gasteiger partial charge on any atom is 0.270 e. The van der Waals surface area contributed by atoms with E-state index in [0.717, 1.165) is 21.5 Å². The standard InChI is InChI=1S/C21H25N5O2S/c1-13-15(3)29-21(22-13)24-19(27)14(2)25-8-10-26(11-9-25)20(28)18-12-16-6-4-5-7-17(16)23-18/h4-7,12,14,23H,8-11H2,1-3H3,(H,22,24,27). The molecule has 1 aliphatic rings. The summed E-state index contributed by atoms with van der Waals surface area (Å²) < 4.78 is 0. The van der Waals surface area contributed by atoms with E-state index in [4.69, 9.17) is 0 Å². The highest BCUT2D eigenvalue weighted by atomic mass is 32.1. The highest BCUT2D eigenvalue weighted by Gasteiger charge is 2.28. The zero-order valence-electron chi connectivity index (χ0n) is 16.9. The molecule has 7 nitrogen and oxygen atoms in total. The molecule has 2 amide bonds. The molecule has 3 heterocycles. The van der Waals surface area contributed by atoms with Crippen LogP contribution >= 0.6 is 11.3 Å². The van der Waals surface area contributed by atoms with Crippen LogP contribution in [0.4, 0.5) is 5.13 Å². The first-order chi connectivity index (χ1) is 13.9. The van der Waals surface area contributed by atoms with E-state index in [1.807, 2.05) is 56.0 Å². The van der Waals surface area contributed by atoms with Crippen molar-refractivity contribution in [2.75, 3.05) is 31.5 Å². The number of aryl methyl sites for hydroxylation is 2. The van der Waals surface area contributed by atoms with Gasteiger partial charge in [-0.25, -0.2) is 4.98 Å². The summed E-state index contributed by atoms with van der Waals surface area (Å²) in [5, 5.41) is 4.59. The van der Waals surface area contributed by atoms with Crippen LogP contribution in [0.5, 0.6) is 0 Å². The van der Waals surface area contributed by atoms with Gasteiger partial charge in [-0.3, -0.25) is 14.5 Å². The Morgan fingerprint density at radius 3 is 2.55 bits per heavy atom. The first-order valence-corrected chi connectivity index (χ1v) is 10.6. The number of aromatic amines is 1. The van der Waals surface area contributed by atoms with Crippen molar-refractivity contribution >= 4 is 39.2 Å². The normalized spacial score (nSPS) is 16.2. The number of anilines is 1. The van der Waals surface area contributed by atoms with E-state index in [0.29, 0.717) is 37.0 Å². The molecule has 1 aliphatic heterocycles. The van der Waals surface area contributed by atoms with Crippen molar-refractivity contribution in [1.29, 1.82) is 0 Å². The molecule has 1 fully saturated rings. The van der Waals surface area contributed by atoms with Gasteiger partial charge in [0.2, 0.25) is 5.91 Å². The second-order valence-electron chi connectivity index (χ2n) is 7.42. The van der Waals surface area contributed by atoms with Crippen LogP contribution in [0.15, 0.2) is 30.3 Å². The van der Waals surface area contributed by atoms with Gasteiger partial charge in [-0.1, -0.05) is 18.2 Å². The molecular formula is C21H25N5O2S. The number of piperazine rings is 1. The van der Waals surface area contributed by atoms with E-state index >= 15 is 0 Å². The molecule has 1 aromatic carbocycles. The molecule has 1 atom stereocenters. The van der Waals surface area contributed by atoms with Gasteiger partial charge in [-0.15, -0.1) is 11.3 Å². The minimum atomic E-state index is -0.273. The molecule has 4 rings (SSSR count). The number of hydrogen-bond donors (Lipinski definition) is 2. The van der Waals surface area contributed by atoms with Crippen molar-refractivity contribution in [3.63, 3.8) is 0 Å². The largest absolute Gasteiger partial charge is 0.351 e. The van der Waals surface area contributed by atoms with Crippen LogP contribution in [0.3, 0.4) is 0 Å². The highest BCUT2D eigenvalue weighted by Crippen LogP contribution is 2.22. The highest BCUT2D eigenvalue weighted by molar-refractivity contribution is 7.15. The Kier molecular flexibility index (Phi) is 5.38. The summed E-state index contributed by atoms with van der Waals surface area (Å²) in [5.41, 5.74) is 2.52. The van der Waals surface area contributed by atoms with Gasteiger partial charge in [-0.05, 0) is 32.9 Å². The van der Waals surface area contributed by atoms with Crippen molar-refractivity contribution in [2.45, 2.75) is 26.8 Å². The van der Waals surface area contributed by atoms with Gasteiger partial charge < -0.3 is 15.2 Å². The first-order valence-electron chi connectivity index (χ1n) is 9.78. The first kappa shape index (κ1) is 19.6. The number of thiazole rings is 1. The van der Waals surface area contributed by atoms with Gasteiger partial charge in [-0.2, -0.15) is 0 Å². The maximum atomic E-state index is 12.8. The van der Waals surface area contributed by atoms with Crippen LogP contribution in [0.1, 0.15) is 28.0 Å². The topological polar surface area (TPSA) is 81.3 Å². The molecular weight excluding hydrogens is 386 g/mol. The minimum absolute atomic E-state index is 0.00619. The number of para-hydroxylation sites is 1. The fraction of sp³-hybridized carbons (Fsp3) is 0.381. The zero-order chi connectivity index (χ0) is 20.5. The van der Waals surface area contributed by atoms with E-state index in [1.54, 1.807) is 0 Å². The lowest BCUT2D eigenvalue weighted by molar-refractivity contribution is -0.121. The summed E-state index contributed by atoms with van der Waals surface area (Å²) in [7, 11) is 0. The summed E-state index contributed by atoms with van der Waals surface area (Å²) in [4.78, 5) is 38.1. The number of amides is 2. The van der Waals surface area contributed by atoms with Crippen molar-refractivity contribution in [1.82, 2.24) is 19.8 Å². The lowest BCUT2D eigenvalue weighted by Gasteiger charge is -2.37. The third kappa shape index (κ3) is 4.04. The van der Waals surface area contributed by atoms with Gasteiger partial charge in [0.25, 0.3) is 5.91 Å². The molecule has 1 unspecified atom stereocenters. The van der Waals surface area contributed by atoms with Crippen LogP contribution in [0, 0.1) is 13.8 Å². The van der Waals surface area contributed by atoms with Crippen molar-refractivity contribution in [2.24, 2.45) is 0 Å². The number of fused-ring (bicyclic) bond motifs is 1. The minimum Gasteiger partial charge on any atom is -0.351 e. The molecule has 0 saturated carbocycles. The van der Waals surface area contributed by atoms with Gasteiger partial charge >= 0.3 is 0 Å². The van der Waals surface area contributed by atoms with E-state index in [-0.39, 0.29) is 17.9 Å². The van der Waals surface area contributed by atoms with Crippen molar-refractivity contribution in [3.05, 3.63) is 46.6 Å². The lowest BCUT2D eigenvalue weighted by atomic mass is 10.2. The smallest absolute Gasteiger partial charge is 0.270 e. The van der Waals surface area contributed by atoms with E-state index in [2.05, 4.69) is 20.2 Å². The average Bonchev–Trinajstić information content (AvgIpc) is 3.29. The van der Waals surface area contributed by atoms with Crippen LogP contribution in [-0.2, 0) is 4.79 Å². The van der Waals surface area contributed by atoms with E-state index < -0.39 is 0 Å². The van der Waals surface area contributed by atoms with Crippen LogP contribution in [0.25, 0.3) is 10.9 Å². The fourth-order valence-electron chi connectivity index (χ4n) is 3.57. The molecule has 29 heavy (non-hydrogen) atoms. The van der Waals surface area contributed by atoms with Crippen molar-refractivity contribution in [3.8, 4) is 0 Å². The number of hydrogen-bond acceptors (Lipinski definition) is 5. The van der Waals surface area contributed by atoms with Crippen LogP contribution in [-0.4, -0.2) is 63.8 Å². The van der Waals surface area contributed by atoms with Crippen molar-refractivity contribution < 1.29 is 9.59 Å². The predicted molar refractivity (Wildman–Crippen MR) is 115 cm³/mol. The zero-order valence-corrected chi connectivity index (χ0v) is 17.7. The Morgan fingerprint density at radius 1 is 1.17 bits per heavy atom. The summed E-state index contributed by atoms with van der Waals surface area (Å²) in [6.07, 6.45) is 0. The lowest BCUT2D eigenvalue weighted by Crippen LogP contribution is -2.54. The Morgan fingerprint density at radius 2 is 1.90 bits per heavy atom. The quantitative estimate of drug-likeness (QED) is 0.691. The molecule has 2 N–H and O–H groups in total. The summed E-state index contributed by atoms with van der Waals surface area (Å²) in [6, 6.07) is 9.50. The maximum absolute atomic E-state index is 12.8. The van der Waals surface area contributed by atoms with Crippen LogP contribution < -0.4 is 5.32 Å². The Balaban J connectivity index is 1.34. The third-order valence-corrected chi connectivity index (χ3v) is 6.54. The number of rotatable bonds is 4. The van der Waals surface area contributed by atoms with Gasteiger partial charge in [0, 0.05) is 42.0 Å². The van der Waals surface area contributed by atoms with E-state index in [1.165, 1.54) is 11.3 Å². The Hall–Kier alpha value is -2.71. The number of nitrogens with one attached hydrogen (secondary N) is 2. The van der Waals surface area contributed by atoms with E-state index in [9.17, 15) is 9.59 Å². The third-order valence-electron chi connectivity index (χ3n) is 5.55. The molecule has 2 aromatic heterocycles. The number of nitrogens with zero attached hydrogens (tertiary/aromatic N) is 3. The Labute approximate surface area is 173 Å². The van der Waals surface area contributed by atoms with Gasteiger partial charge in [0.1, 0.15) is 5.69 Å². The second-order valence-corrected chi connectivity index (χ2v) is 8.63. The molecule has 0 bridgehead atoms. The summed E-state index contributed by atoms with van der Waals surface area (Å²) >= 11 is 1.49. The molecule has 1 saturated heterocycles. The van der Waals surface area contributed by atoms with Gasteiger partial charge in [0.05, 0.1) is 11.7 Å². The van der Waals surface area contributed by atoms with Gasteiger partial charge in [0.15, 0.2) is 5.13 Å².